The number of ether oxygens (including phenoxy) is 2. The van der Waals surface area contributed by atoms with E-state index < -0.39 is 29.6 Å². The van der Waals surface area contributed by atoms with Gasteiger partial charge in [-0.1, -0.05) is 12.1 Å². The van der Waals surface area contributed by atoms with E-state index in [1.165, 1.54) is 6.92 Å². The van der Waals surface area contributed by atoms with E-state index >= 15 is 0 Å². The lowest BCUT2D eigenvalue weighted by atomic mass is 10.2. The molecule has 0 aliphatic heterocycles. The van der Waals surface area contributed by atoms with Gasteiger partial charge in [0.05, 0.1) is 6.61 Å². The topological polar surface area (TPSA) is 123 Å². The zero-order chi connectivity index (χ0) is 21.3. The summed E-state index contributed by atoms with van der Waals surface area (Å²) < 4.78 is 9.93. The number of amides is 3. The van der Waals surface area contributed by atoms with Crippen LogP contribution in [0.25, 0.3) is 0 Å². The van der Waals surface area contributed by atoms with E-state index in [0.717, 1.165) is 5.56 Å². The summed E-state index contributed by atoms with van der Waals surface area (Å²) in [6.45, 7) is 8.16. The van der Waals surface area contributed by atoms with E-state index in [1.54, 1.807) is 52.0 Å². The summed E-state index contributed by atoms with van der Waals surface area (Å²) in [5, 5.41) is 7.43. The second kappa shape index (κ2) is 10.3. The van der Waals surface area contributed by atoms with Gasteiger partial charge in [0, 0.05) is 19.2 Å². The maximum Gasteiger partial charge on any atom is 0.408 e. The number of anilines is 1. The van der Waals surface area contributed by atoms with Gasteiger partial charge in [0.1, 0.15) is 5.60 Å². The van der Waals surface area contributed by atoms with Crippen LogP contribution in [0.3, 0.4) is 0 Å². The second-order valence-corrected chi connectivity index (χ2v) is 6.93. The monoisotopic (exact) mass is 393 g/mol. The Morgan fingerprint density at radius 2 is 1.68 bits per heavy atom. The average molecular weight is 393 g/mol. The molecule has 3 amide bonds. The van der Waals surface area contributed by atoms with Crippen LogP contribution in [0.4, 0.5) is 10.5 Å². The summed E-state index contributed by atoms with van der Waals surface area (Å²) in [5.74, 6) is -1.80. The van der Waals surface area contributed by atoms with Crippen LogP contribution >= 0.6 is 0 Å². The molecule has 0 aliphatic rings. The fourth-order valence-electron chi connectivity index (χ4n) is 2.08. The van der Waals surface area contributed by atoms with Crippen molar-refractivity contribution in [1.29, 1.82) is 0 Å². The molecule has 1 unspecified atom stereocenters. The van der Waals surface area contributed by atoms with Crippen molar-refractivity contribution in [2.75, 3.05) is 11.9 Å². The molecule has 0 heterocycles. The molecule has 1 aromatic carbocycles. The first kappa shape index (κ1) is 22.9. The number of hydrogen-bond acceptors (Lipinski definition) is 6. The lowest BCUT2D eigenvalue weighted by Crippen LogP contribution is -2.52. The highest BCUT2D eigenvalue weighted by Gasteiger charge is 2.31. The van der Waals surface area contributed by atoms with Crippen LogP contribution in [0.5, 0.6) is 0 Å². The third-order valence-electron chi connectivity index (χ3n) is 3.19. The normalized spacial score (nSPS) is 11.8. The highest BCUT2D eigenvalue weighted by Crippen LogP contribution is 2.10. The molecule has 0 bridgehead atoms. The first-order valence-electron chi connectivity index (χ1n) is 8.82. The maximum absolute atomic E-state index is 12.4. The Balaban J connectivity index is 2.73. The van der Waals surface area contributed by atoms with Crippen molar-refractivity contribution in [3.63, 3.8) is 0 Å². The standard InChI is InChI=1S/C19H27N3O6/c1-6-27-17(25)15(22-18(26)28-19(3,4)5)16(24)20-11-13-7-9-14(10-8-13)21-12(2)23/h7-10,15H,6,11H2,1-5H3,(H,20,24)(H,21,23)(H,22,26). The molecule has 9 heteroatoms. The molecule has 0 fully saturated rings. The molecule has 0 aromatic heterocycles. The van der Waals surface area contributed by atoms with E-state index in [2.05, 4.69) is 16.0 Å². The van der Waals surface area contributed by atoms with Gasteiger partial charge in [-0.3, -0.25) is 14.9 Å². The van der Waals surface area contributed by atoms with E-state index in [4.69, 9.17) is 9.47 Å². The smallest absolute Gasteiger partial charge is 0.408 e. The summed E-state index contributed by atoms with van der Waals surface area (Å²) in [6, 6.07) is 5.27. The summed E-state index contributed by atoms with van der Waals surface area (Å²) >= 11 is 0. The van der Waals surface area contributed by atoms with Crippen LogP contribution in [0.2, 0.25) is 0 Å². The summed E-state index contributed by atoms with van der Waals surface area (Å²) in [6.07, 6.45) is -0.902. The number of esters is 1. The minimum absolute atomic E-state index is 0.0588. The number of hydrogen-bond donors (Lipinski definition) is 3. The van der Waals surface area contributed by atoms with Crippen LogP contribution in [0.1, 0.15) is 40.2 Å². The zero-order valence-electron chi connectivity index (χ0n) is 16.8. The van der Waals surface area contributed by atoms with Crippen molar-refractivity contribution in [2.45, 2.75) is 52.8 Å². The Labute approximate surface area is 164 Å². The Hall–Kier alpha value is -3.10. The average Bonchev–Trinajstić information content (AvgIpc) is 2.57. The molecule has 0 aliphatic carbocycles. The van der Waals surface area contributed by atoms with Gasteiger partial charge < -0.3 is 20.1 Å². The van der Waals surface area contributed by atoms with Gasteiger partial charge in [0.2, 0.25) is 11.9 Å². The molecular formula is C19H27N3O6. The molecule has 1 rings (SSSR count). The van der Waals surface area contributed by atoms with E-state index in [1.807, 2.05) is 0 Å². The largest absolute Gasteiger partial charge is 0.464 e. The van der Waals surface area contributed by atoms with Crippen LogP contribution in [-0.4, -0.2) is 42.1 Å². The van der Waals surface area contributed by atoms with Crippen molar-refractivity contribution in [1.82, 2.24) is 10.6 Å². The molecule has 0 saturated heterocycles. The predicted molar refractivity (Wildman–Crippen MR) is 102 cm³/mol. The third-order valence-corrected chi connectivity index (χ3v) is 3.19. The Bertz CT molecular complexity index is 709. The van der Waals surface area contributed by atoms with E-state index in [0.29, 0.717) is 5.69 Å². The first-order chi connectivity index (χ1) is 13.0. The third kappa shape index (κ3) is 8.52. The van der Waals surface area contributed by atoms with Crippen LogP contribution < -0.4 is 16.0 Å². The summed E-state index contributed by atoms with van der Waals surface area (Å²) in [5.41, 5.74) is 0.580. The summed E-state index contributed by atoms with van der Waals surface area (Å²) in [4.78, 5) is 47.4. The predicted octanol–water partition coefficient (Wildman–Crippen LogP) is 1.72. The van der Waals surface area contributed by atoms with Crippen molar-refractivity contribution >= 4 is 29.6 Å². The van der Waals surface area contributed by atoms with Gasteiger partial charge in [-0.25, -0.2) is 9.59 Å². The second-order valence-electron chi connectivity index (χ2n) is 6.93. The molecule has 28 heavy (non-hydrogen) atoms. The van der Waals surface area contributed by atoms with Crippen LogP contribution in [0, 0.1) is 0 Å². The lowest BCUT2D eigenvalue weighted by Gasteiger charge is -2.22. The van der Waals surface area contributed by atoms with E-state index in [9.17, 15) is 19.2 Å². The minimum atomic E-state index is -1.53. The zero-order valence-corrected chi connectivity index (χ0v) is 16.8. The molecule has 1 aromatic rings. The van der Waals surface area contributed by atoms with Crippen molar-refractivity contribution in [3.8, 4) is 0 Å². The highest BCUT2D eigenvalue weighted by molar-refractivity contribution is 6.04. The van der Waals surface area contributed by atoms with E-state index in [-0.39, 0.29) is 19.1 Å². The number of alkyl carbamates (subject to hydrolysis) is 1. The fraction of sp³-hybridized carbons (Fsp3) is 0.474. The van der Waals surface area contributed by atoms with Crippen LogP contribution in [0.15, 0.2) is 24.3 Å². The van der Waals surface area contributed by atoms with Gasteiger partial charge in [0.25, 0.3) is 5.91 Å². The minimum Gasteiger partial charge on any atom is -0.464 e. The quantitative estimate of drug-likeness (QED) is 0.479. The van der Waals surface area contributed by atoms with Gasteiger partial charge >= 0.3 is 12.1 Å². The van der Waals surface area contributed by atoms with Gasteiger partial charge in [-0.2, -0.15) is 0 Å². The molecular weight excluding hydrogens is 366 g/mol. The first-order valence-corrected chi connectivity index (χ1v) is 8.82. The van der Waals surface area contributed by atoms with Gasteiger partial charge in [0.15, 0.2) is 0 Å². The molecule has 1 atom stereocenters. The summed E-state index contributed by atoms with van der Waals surface area (Å²) in [7, 11) is 0. The maximum atomic E-state index is 12.4. The highest BCUT2D eigenvalue weighted by atomic mass is 16.6. The van der Waals surface area contributed by atoms with Gasteiger partial charge in [-0.05, 0) is 45.4 Å². The molecule has 0 saturated carbocycles. The number of benzene rings is 1. The number of carbonyl (C=O) groups excluding carboxylic acids is 4. The molecule has 9 nitrogen and oxygen atoms in total. The van der Waals surface area contributed by atoms with Gasteiger partial charge in [-0.15, -0.1) is 0 Å². The molecule has 0 spiro atoms. The number of rotatable bonds is 7. The van der Waals surface area contributed by atoms with Crippen molar-refractivity contribution in [2.24, 2.45) is 0 Å². The molecule has 154 valence electrons. The van der Waals surface area contributed by atoms with Crippen molar-refractivity contribution in [3.05, 3.63) is 29.8 Å². The van der Waals surface area contributed by atoms with Crippen LogP contribution in [-0.2, 0) is 30.4 Å². The Morgan fingerprint density at radius 3 is 2.18 bits per heavy atom. The SMILES string of the molecule is CCOC(=O)C(NC(=O)OC(C)(C)C)C(=O)NCc1ccc(NC(C)=O)cc1. The van der Waals surface area contributed by atoms with Crippen molar-refractivity contribution < 1.29 is 28.7 Å². The Kier molecular flexibility index (Phi) is 8.43. The molecule has 3 N–H and O–H groups in total. The Morgan fingerprint density at radius 1 is 1.07 bits per heavy atom. The fourth-order valence-corrected chi connectivity index (χ4v) is 2.08. The number of carbonyl (C=O) groups is 4. The number of nitrogens with one attached hydrogen (secondary N) is 3. The lowest BCUT2D eigenvalue weighted by molar-refractivity contribution is -0.149. The molecule has 0 radical (unpaired) electrons.